The number of anilines is 3. The van der Waals surface area contributed by atoms with Gasteiger partial charge in [0.05, 0.1) is 27.8 Å². The van der Waals surface area contributed by atoms with Crippen LogP contribution in [0.2, 0.25) is 0 Å². The Labute approximate surface area is 346 Å². The first kappa shape index (κ1) is 33.1. The van der Waals surface area contributed by atoms with Crippen LogP contribution in [-0.4, -0.2) is 15.8 Å². The lowest BCUT2D eigenvalue weighted by Gasteiger charge is -2.35. The van der Waals surface area contributed by atoms with Crippen molar-refractivity contribution in [1.29, 1.82) is 0 Å². The third-order valence-corrected chi connectivity index (χ3v) is 12.4. The van der Waals surface area contributed by atoms with Gasteiger partial charge >= 0.3 is 0 Å². The van der Waals surface area contributed by atoms with Crippen molar-refractivity contribution in [2.45, 2.75) is 0 Å². The van der Waals surface area contributed by atoms with Crippen LogP contribution in [0.1, 0.15) is 0 Å². The molecule has 0 fully saturated rings. The van der Waals surface area contributed by atoms with Crippen LogP contribution in [0, 0.1) is 0 Å². The molecule has 0 aliphatic carbocycles. The van der Waals surface area contributed by atoms with Gasteiger partial charge in [0.15, 0.2) is 0 Å². The van der Waals surface area contributed by atoms with Crippen molar-refractivity contribution in [3.63, 3.8) is 0 Å². The second-order valence-electron chi connectivity index (χ2n) is 15.7. The van der Waals surface area contributed by atoms with Crippen molar-refractivity contribution in [1.82, 2.24) is 9.13 Å². The highest BCUT2D eigenvalue weighted by atomic mass is 16.5. The number of benzene rings is 9. The average Bonchev–Trinajstić information content (AvgIpc) is 3.82. The Morgan fingerprint density at radius 2 is 0.700 bits per heavy atom. The number of hydrogen-bond acceptors (Lipinski definition) is 3. The van der Waals surface area contributed by atoms with Crippen LogP contribution >= 0.6 is 0 Å². The summed E-state index contributed by atoms with van der Waals surface area (Å²) in [5.74, 6) is 3.24. The molecule has 0 bridgehead atoms. The molecule has 13 rings (SSSR count). The number of fused-ring (bicyclic) bond motifs is 10. The third-order valence-electron chi connectivity index (χ3n) is 12.4. The summed E-state index contributed by atoms with van der Waals surface area (Å²) in [4.78, 5) is 2.27. The molecule has 0 amide bonds. The van der Waals surface area contributed by atoms with E-state index in [-0.39, 0.29) is 6.71 Å². The summed E-state index contributed by atoms with van der Waals surface area (Å²) in [7, 11) is 0. The Morgan fingerprint density at radius 3 is 1.10 bits per heavy atom. The number of para-hydroxylation sites is 6. The lowest BCUT2D eigenvalue weighted by Crippen LogP contribution is -2.57. The largest absolute Gasteiger partial charge is 0.458 e. The van der Waals surface area contributed by atoms with Crippen LogP contribution in [0.25, 0.3) is 55.0 Å². The molecule has 0 unspecified atom stereocenters. The molecular formula is C54H34BN3O2. The van der Waals surface area contributed by atoms with Crippen LogP contribution in [0.4, 0.5) is 17.1 Å². The van der Waals surface area contributed by atoms with E-state index < -0.39 is 0 Å². The second-order valence-corrected chi connectivity index (χ2v) is 15.7. The summed E-state index contributed by atoms with van der Waals surface area (Å²) in [5.41, 5.74) is 13.0. The van der Waals surface area contributed by atoms with E-state index in [1.54, 1.807) is 0 Å². The van der Waals surface area contributed by atoms with E-state index in [1.807, 2.05) is 0 Å². The monoisotopic (exact) mass is 767 g/mol. The molecule has 280 valence electrons. The maximum absolute atomic E-state index is 7.12. The van der Waals surface area contributed by atoms with Crippen molar-refractivity contribution >= 4 is 83.8 Å². The lowest BCUT2D eigenvalue weighted by atomic mass is 9.35. The van der Waals surface area contributed by atoms with Crippen LogP contribution in [0.3, 0.4) is 0 Å². The van der Waals surface area contributed by atoms with E-state index in [9.17, 15) is 0 Å². The van der Waals surface area contributed by atoms with E-state index >= 15 is 0 Å². The maximum Gasteiger partial charge on any atom is 0.260 e. The van der Waals surface area contributed by atoms with Gasteiger partial charge in [-0.15, -0.1) is 0 Å². The van der Waals surface area contributed by atoms with Crippen LogP contribution in [0.5, 0.6) is 23.0 Å². The normalized spacial score (nSPS) is 12.6. The molecule has 0 radical (unpaired) electrons. The van der Waals surface area contributed by atoms with Crippen molar-refractivity contribution < 1.29 is 9.47 Å². The molecule has 2 aliphatic rings. The first-order chi connectivity index (χ1) is 29.8. The fraction of sp³-hybridized carbons (Fsp3) is 0. The van der Waals surface area contributed by atoms with E-state index in [0.29, 0.717) is 0 Å². The average molecular weight is 768 g/mol. The van der Waals surface area contributed by atoms with E-state index in [1.165, 1.54) is 21.5 Å². The minimum absolute atomic E-state index is 0.113. The Balaban J connectivity index is 1.04. The molecule has 0 saturated heterocycles. The Bertz CT molecular complexity index is 3180. The molecule has 6 heteroatoms. The zero-order valence-electron chi connectivity index (χ0n) is 32.4. The van der Waals surface area contributed by atoms with Gasteiger partial charge in [-0.25, -0.2) is 0 Å². The predicted octanol–water partition coefficient (Wildman–Crippen LogP) is 12.1. The highest BCUT2D eigenvalue weighted by Crippen LogP contribution is 2.44. The van der Waals surface area contributed by atoms with Gasteiger partial charge in [-0.3, -0.25) is 0 Å². The Morgan fingerprint density at radius 1 is 0.333 bits per heavy atom. The van der Waals surface area contributed by atoms with Gasteiger partial charge in [-0.05, 0) is 71.6 Å². The van der Waals surface area contributed by atoms with E-state index in [0.717, 1.165) is 89.9 Å². The Kier molecular flexibility index (Phi) is 7.04. The summed E-state index contributed by atoms with van der Waals surface area (Å²) >= 11 is 0. The molecule has 5 nitrogen and oxygen atoms in total. The quantitative estimate of drug-likeness (QED) is 0.164. The molecule has 0 N–H and O–H groups in total. The topological polar surface area (TPSA) is 31.6 Å². The maximum atomic E-state index is 7.12. The van der Waals surface area contributed by atoms with Crippen molar-refractivity contribution in [2.24, 2.45) is 0 Å². The summed E-state index contributed by atoms with van der Waals surface area (Å²) in [6.45, 7) is -0.113. The SMILES string of the molecule is c1ccc(N(c2ccccc2)c2cc3c4c(c2)Oc2cc(-n5c6ccccc6c6ccccc65)ccc2B4c2ccc(-n4c5ccccc5c5ccccc54)cc2O3)cc1. The Hall–Kier alpha value is -7.96. The number of rotatable bonds is 5. The highest BCUT2D eigenvalue weighted by molar-refractivity contribution is 6.98. The first-order valence-corrected chi connectivity index (χ1v) is 20.5. The zero-order valence-corrected chi connectivity index (χ0v) is 32.4. The molecular weight excluding hydrogens is 733 g/mol. The van der Waals surface area contributed by atoms with E-state index in [2.05, 4.69) is 220 Å². The van der Waals surface area contributed by atoms with Gasteiger partial charge in [0.1, 0.15) is 23.0 Å². The number of nitrogens with zero attached hydrogens (tertiary/aromatic N) is 3. The van der Waals surface area contributed by atoms with Crippen LogP contribution < -0.4 is 30.8 Å². The molecule has 11 aromatic rings. The fourth-order valence-electron chi connectivity index (χ4n) is 9.87. The minimum Gasteiger partial charge on any atom is -0.458 e. The molecule has 2 aliphatic heterocycles. The molecule has 0 spiro atoms. The molecule has 0 atom stereocenters. The summed E-state index contributed by atoms with van der Waals surface area (Å²) < 4.78 is 18.9. The van der Waals surface area contributed by atoms with Gasteiger partial charge in [0.25, 0.3) is 6.71 Å². The summed E-state index contributed by atoms with van der Waals surface area (Å²) in [6.07, 6.45) is 0. The van der Waals surface area contributed by atoms with Gasteiger partial charge < -0.3 is 23.5 Å². The number of hydrogen-bond donors (Lipinski definition) is 0. The molecule has 0 saturated carbocycles. The molecule has 2 aromatic heterocycles. The summed E-state index contributed by atoms with van der Waals surface area (Å²) in [6, 6.07) is 73.4. The number of aromatic nitrogens is 2. The van der Waals surface area contributed by atoms with Crippen molar-refractivity contribution in [2.75, 3.05) is 4.90 Å². The second kappa shape index (κ2) is 12.8. The van der Waals surface area contributed by atoms with Gasteiger partial charge in [0, 0.05) is 74.0 Å². The van der Waals surface area contributed by atoms with Crippen molar-refractivity contribution in [3.05, 3.63) is 206 Å². The third kappa shape index (κ3) is 4.82. The van der Waals surface area contributed by atoms with Crippen LogP contribution in [-0.2, 0) is 0 Å². The standard InChI is InChI=1S/C54H34BN3O2/c1-3-15-35(16-4-1)56(36-17-5-2-6-18-36)39-33-52-54-53(34-39)60-51-32-38(58-48-25-13-9-21-42(48)43-22-10-14-26-49(43)58)28-30-45(51)55(54)44-29-27-37(31-50(44)59-52)57-46-23-11-7-19-40(46)41-20-8-12-24-47(41)57/h1-34H. The minimum atomic E-state index is -0.113. The smallest absolute Gasteiger partial charge is 0.260 e. The van der Waals surface area contributed by atoms with Crippen molar-refractivity contribution in [3.8, 4) is 34.4 Å². The zero-order chi connectivity index (χ0) is 39.3. The highest BCUT2D eigenvalue weighted by Gasteiger charge is 2.41. The van der Waals surface area contributed by atoms with E-state index in [4.69, 9.17) is 9.47 Å². The summed E-state index contributed by atoms with van der Waals surface area (Å²) in [5, 5.41) is 4.91. The first-order valence-electron chi connectivity index (χ1n) is 20.5. The fourth-order valence-corrected chi connectivity index (χ4v) is 9.87. The predicted molar refractivity (Wildman–Crippen MR) is 247 cm³/mol. The molecule has 60 heavy (non-hydrogen) atoms. The number of ether oxygens (including phenoxy) is 2. The van der Waals surface area contributed by atoms with Gasteiger partial charge in [-0.2, -0.15) is 0 Å². The van der Waals surface area contributed by atoms with Crippen LogP contribution in [0.15, 0.2) is 206 Å². The molecule has 9 aromatic carbocycles. The van der Waals surface area contributed by atoms with Gasteiger partial charge in [0.2, 0.25) is 0 Å². The lowest BCUT2D eigenvalue weighted by molar-refractivity contribution is 0.464. The molecule has 4 heterocycles. The van der Waals surface area contributed by atoms with Gasteiger partial charge in [-0.1, -0.05) is 121 Å².